The van der Waals surface area contributed by atoms with Gasteiger partial charge in [0.1, 0.15) is 5.76 Å². The lowest BCUT2D eigenvalue weighted by atomic mass is 10.1. The molecule has 2 rings (SSSR count). The van der Waals surface area contributed by atoms with Crippen LogP contribution in [-0.4, -0.2) is 41.5 Å². The Morgan fingerprint density at radius 3 is 3.00 bits per heavy atom. The van der Waals surface area contributed by atoms with Gasteiger partial charge in [0.05, 0.1) is 18.8 Å². The Balaban J connectivity index is 1.98. The van der Waals surface area contributed by atoms with Crippen LogP contribution >= 0.6 is 0 Å². The lowest BCUT2D eigenvalue weighted by molar-refractivity contribution is -0.0261. The van der Waals surface area contributed by atoms with Crippen LogP contribution in [0.2, 0.25) is 0 Å². The number of carbonyl (C=O) groups is 1. The molecule has 6 heteroatoms. The second-order valence-corrected chi connectivity index (χ2v) is 4.78. The highest BCUT2D eigenvalue weighted by Gasteiger charge is 2.26. The van der Waals surface area contributed by atoms with Gasteiger partial charge in [-0.25, -0.2) is 0 Å². The number of nitrogens with zero attached hydrogens (tertiary/aromatic N) is 1. The molecule has 1 aliphatic rings. The van der Waals surface area contributed by atoms with Gasteiger partial charge in [-0.05, 0) is 6.42 Å². The first-order valence-electron chi connectivity index (χ1n) is 6.11. The maximum atomic E-state index is 11.9. The van der Waals surface area contributed by atoms with E-state index in [0.717, 1.165) is 0 Å². The summed E-state index contributed by atoms with van der Waals surface area (Å²) in [7, 11) is 0. The molecule has 0 bridgehead atoms. The van der Waals surface area contributed by atoms with Crippen LogP contribution < -0.4 is 5.32 Å². The highest BCUT2D eigenvalue weighted by Crippen LogP contribution is 2.15. The zero-order valence-electron chi connectivity index (χ0n) is 10.5. The van der Waals surface area contributed by atoms with Crippen LogP contribution in [0.25, 0.3) is 0 Å². The van der Waals surface area contributed by atoms with Gasteiger partial charge < -0.3 is 19.7 Å². The van der Waals surface area contributed by atoms with Crippen molar-refractivity contribution in [3.63, 3.8) is 0 Å². The summed E-state index contributed by atoms with van der Waals surface area (Å²) < 4.78 is 10.2. The molecule has 0 unspecified atom stereocenters. The maximum Gasteiger partial charge on any atom is 0.273 e. The first kappa shape index (κ1) is 13.0. The largest absolute Gasteiger partial charge is 0.389 e. The number of nitrogens with one attached hydrogen (secondary N) is 1. The van der Waals surface area contributed by atoms with Gasteiger partial charge in [0.2, 0.25) is 0 Å². The van der Waals surface area contributed by atoms with Crippen LogP contribution in [0.15, 0.2) is 10.6 Å². The van der Waals surface area contributed by atoms with Crippen molar-refractivity contribution in [2.24, 2.45) is 0 Å². The predicted octanol–water partition coefficient (Wildman–Crippen LogP) is 0.678. The van der Waals surface area contributed by atoms with Crippen LogP contribution in [0.4, 0.5) is 0 Å². The SMILES string of the molecule is CC(C)c1cc(C(=O)N[C@@H]2CCOC[C@H]2O)no1. The number of aliphatic hydroxyl groups is 1. The molecule has 100 valence electrons. The third-order valence-electron chi connectivity index (χ3n) is 2.97. The summed E-state index contributed by atoms with van der Waals surface area (Å²) in [5, 5.41) is 16.1. The van der Waals surface area contributed by atoms with E-state index in [-0.39, 0.29) is 30.2 Å². The fourth-order valence-electron chi connectivity index (χ4n) is 1.80. The molecule has 0 aliphatic carbocycles. The summed E-state index contributed by atoms with van der Waals surface area (Å²) in [4.78, 5) is 11.9. The number of rotatable bonds is 3. The molecular formula is C12H18N2O4. The minimum absolute atomic E-state index is 0.188. The number of hydrogen-bond donors (Lipinski definition) is 2. The van der Waals surface area contributed by atoms with E-state index in [1.165, 1.54) is 0 Å². The first-order valence-corrected chi connectivity index (χ1v) is 6.11. The summed E-state index contributed by atoms with van der Waals surface area (Å²) in [5.74, 6) is 0.539. The summed E-state index contributed by atoms with van der Waals surface area (Å²) in [5.41, 5.74) is 0.248. The van der Waals surface area contributed by atoms with Crippen LogP contribution in [-0.2, 0) is 4.74 Å². The second-order valence-electron chi connectivity index (χ2n) is 4.78. The summed E-state index contributed by atoms with van der Waals surface area (Å²) in [6.07, 6.45) is -0.0684. The molecule has 1 fully saturated rings. The highest BCUT2D eigenvalue weighted by molar-refractivity contribution is 5.92. The van der Waals surface area contributed by atoms with Gasteiger partial charge >= 0.3 is 0 Å². The van der Waals surface area contributed by atoms with Gasteiger partial charge in [0.25, 0.3) is 5.91 Å². The van der Waals surface area contributed by atoms with E-state index in [1.54, 1.807) is 6.07 Å². The van der Waals surface area contributed by atoms with Crippen molar-refractivity contribution in [1.29, 1.82) is 0 Å². The fraction of sp³-hybridized carbons (Fsp3) is 0.667. The van der Waals surface area contributed by atoms with Crippen molar-refractivity contribution in [3.05, 3.63) is 17.5 Å². The molecule has 1 aliphatic heterocycles. The molecule has 2 N–H and O–H groups in total. The molecule has 1 amide bonds. The Bertz CT molecular complexity index is 416. The topological polar surface area (TPSA) is 84.6 Å². The monoisotopic (exact) mass is 254 g/mol. The van der Waals surface area contributed by atoms with E-state index in [0.29, 0.717) is 18.8 Å². The molecule has 2 heterocycles. The molecular weight excluding hydrogens is 236 g/mol. The molecule has 1 aromatic heterocycles. The summed E-state index contributed by atoms with van der Waals surface area (Å²) in [6, 6.07) is 1.34. The van der Waals surface area contributed by atoms with Crippen LogP contribution in [0, 0.1) is 0 Å². The Kier molecular flexibility index (Phi) is 3.98. The van der Waals surface area contributed by atoms with E-state index in [1.807, 2.05) is 13.8 Å². The number of amides is 1. The Morgan fingerprint density at radius 2 is 2.39 bits per heavy atom. The van der Waals surface area contributed by atoms with Crippen molar-refractivity contribution in [2.75, 3.05) is 13.2 Å². The van der Waals surface area contributed by atoms with Crippen LogP contribution in [0.1, 0.15) is 42.4 Å². The van der Waals surface area contributed by atoms with Gasteiger partial charge in [-0.1, -0.05) is 19.0 Å². The normalized spacial score (nSPS) is 24.2. The minimum atomic E-state index is -0.667. The van der Waals surface area contributed by atoms with Crippen molar-refractivity contribution in [1.82, 2.24) is 10.5 Å². The Morgan fingerprint density at radius 1 is 1.61 bits per heavy atom. The van der Waals surface area contributed by atoms with E-state index in [2.05, 4.69) is 10.5 Å². The van der Waals surface area contributed by atoms with E-state index < -0.39 is 6.10 Å². The number of ether oxygens (including phenoxy) is 1. The molecule has 0 radical (unpaired) electrons. The van der Waals surface area contributed by atoms with Gasteiger partial charge in [0.15, 0.2) is 5.69 Å². The lowest BCUT2D eigenvalue weighted by Gasteiger charge is -2.28. The van der Waals surface area contributed by atoms with E-state index >= 15 is 0 Å². The van der Waals surface area contributed by atoms with Crippen LogP contribution in [0.3, 0.4) is 0 Å². The average molecular weight is 254 g/mol. The highest BCUT2D eigenvalue weighted by atomic mass is 16.5. The first-order chi connectivity index (χ1) is 8.58. The van der Waals surface area contributed by atoms with Crippen molar-refractivity contribution in [3.8, 4) is 0 Å². The average Bonchev–Trinajstić information content (AvgIpc) is 2.81. The standard InChI is InChI=1S/C12H18N2O4/c1-7(2)11-5-9(14-18-11)12(16)13-8-3-4-17-6-10(8)15/h5,7-8,10,15H,3-4,6H2,1-2H3,(H,13,16)/t8-,10-/m1/s1. The number of hydrogen-bond acceptors (Lipinski definition) is 5. The smallest absolute Gasteiger partial charge is 0.273 e. The van der Waals surface area contributed by atoms with Crippen molar-refractivity contribution < 1.29 is 19.2 Å². The summed E-state index contributed by atoms with van der Waals surface area (Å²) >= 11 is 0. The number of carbonyl (C=O) groups excluding carboxylic acids is 1. The van der Waals surface area contributed by atoms with Crippen molar-refractivity contribution >= 4 is 5.91 Å². The molecule has 2 atom stereocenters. The van der Waals surface area contributed by atoms with Gasteiger partial charge in [-0.2, -0.15) is 0 Å². The van der Waals surface area contributed by atoms with E-state index in [9.17, 15) is 9.90 Å². The van der Waals surface area contributed by atoms with Gasteiger partial charge in [-0.15, -0.1) is 0 Å². The minimum Gasteiger partial charge on any atom is -0.389 e. The predicted molar refractivity (Wildman–Crippen MR) is 63.3 cm³/mol. The molecule has 18 heavy (non-hydrogen) atoms. The third kappa shape index (κ3) is 2.88. The molecule has 6 nitrogen and oxygen atoms in total. The zero-order valence-corrected chi connectivity index (χ0v) is 10.5. The maximum absolute atomic E-state index is 11.9. The zero-order chi connectivity index (χ0) is 13.1. The van der Waals surface area contributed by atoms with Crippen molar-refractivity contribution in [2.45, 2.75) is 38.3 Å². The molecule has 1 aromatic rings. The quantitative estimate of drug-likeness (QED) is 0.828. The molecule has 0 spiro atoms. The van der Waals surface area contributed by atoms with Gasteiger partial charge in [-0.3, -0.25) is 4.79 Å². The van der Waals surface area contributed by atoms with E-state index in [4.69, 9.17) is 9.26 Å². The Labute approximate surface area is 105 Å². The Hall–Kier alpha value is -1.40. The molecule has 0 aromatic carbocycles. The third-order valence-corrected chi connectivity index (χ3v) is 2.97. The summed E-state index contributed by atoms with van der Waals surface area (Å²) in [6.45, 7) is 4.72. The molecule has 1 saturated heterocycles. The molecule has 0 saturated carbocycles. The second kappa shape index (κ2) is 5.49. The fourth-order valence-corrected chi connectivity index (χ4v) is 1.80. The van der Waals surface area contributed by atoms with Gasteiger partial charge in [0, 0.05) is 18.6 Å². The number of aromatic nitrogens is 1. The lowest BCUT2D eigenvalue weighted by Crippen LogP contribution is -2.48. The number of aliphatic hydroxyl groups excluding tert-OH is 1. The van der Waals surface area contributed by atoms with Crippen LogP contribution in [0.5, 0.6) is 0 Å².